The molecule has 3 amide bonds. The number of nitrogens with one attached hydrogen (secondary N) is 2. The standard InChI is InChI=1S/C25H24ClN3O3/c26-19-9-11-20(12-10-19)27-25(32)28-23-6-3-15-29(24(23)31)21-13-7-17(8-14-21)22-5-2-1-4-18(22)16-30/h1-2,4-5,7-14,23,30H,3,6,15-16H2,(H2,27,28,32)/t23-/m1/s1. The van der Waals surface area contributed by atoms with E-state index in [4.69, 9.17) is 11.6 Å². The van der Waals surface area contributed by atoms with Crippen LogP contribution >= 0.6 is 11.6 Å². The van der Waals surface area contributed by atoms with Crippen LogP contribution in [-0.4, -0.2) is 29.6 Å². The minimum atomic E-state index is -0.592. The zero-order valence-electron chi connectivity index (χ0n) is 17.4. The molecule has 0 saturated carbocycles. The summed E-state index contributed by atoms with van der Waals surface area (Å²) < 4.78 is 0. The van der Waals surface area contributed by atoms with Gasteiger partial charge in [-0.2, -0.15) is 0 Å². The first-order valence-corrected chi connectivity index (χ1v) is 10.9. The highest BCUT2D eigenvalue weighted by Gasteiger charge is 2.30. The third-order valence-corrected chi connectivity index (χ3v) is 5.78. The second-order valence-corrected chi connectivity index (χ2v) is 8.09. The Kier molecular flexibility index (Phi) is 6.73. The van der Waals surface area contributed by atoms with Crippen molar-refractivity contribution in [3.05, 3.63) is 83.4 Å². The molecule has 0 radical (unpaired) electrons. The Morgan fingerprint density at radius 3 is 2.47 bits per heavy atom. The quantitative estimate of drug-likeness (QED) is 0.522. The van der Waals surface area contributed by atoms with Crippen molar-refractivity contribution in [3.8, 4) is 11.1 Å². The van der Waals surface area contributed by atoms with E-state index in [0.29, 0.717) is 23.7 Å². The zero-order valence-corrected chi connectivity index (χ0v) is 18.2. The number of carbonyl (C=O) groups is 2. The maximum atomic E-state index is 13.0. The molecule has 4 rings (SSSR count). The number of hydrogen-bond acceptors (Lipinski definition) is 3. The van der Waals surface area contributed by atoms with Crippen molar-refractivity contribution < 1.29 is 14.7 Å². The summed E-state index contributed by atoms with van der Waals surface area (Å²) in [6, 6.07) is 21.1. The fourth-order valence-corrected chi connectivity index (χ4v) is 4.01. The fourth-order valence-electron chi connectivity index (χ4n) is 3.88. The third-order valence-electron chi connectivity index (χ3n) is 5.52. The number of benzene rings is 3. The van der Waals surface area contributed by atoms with Gasteiger partial charge < -0.3 is 20.6 Å². The van der Waals surface area contributed by atoms with Crippen LogP contribution in [0.25, 0.3) is 11.1 Å². The van der Waals surface area contributed by atoms with Crippen molar-refractivity contribution in [3.63, 3.8) is 0 Å². The summed E-state index contributed by atoms with van der Waals surface area (Å²) in [6.07, 6.45) is 1.37. The number of aliphatic hydroxyl groups is 1. The van der Waals surface area contributed by atoms with E-state index in [1.807, 2.05) is 48.5 Å². The number of amides is 3. The fraction of sp³-hybridized carbons (Fsp3) is 0.200. The van der Waals surface area contributed by atoms with Gasteiger partial charge in [-0.1, -0.05) is 48.0 Å². The molecule has 7 heteroatoms. The van der Waals surface area contributed by atoms with Gasteiger partial charge in [-0.15, -0.1) is 0 Å². The van der Waals surface area contributed by atoms with Crippen LogP contribution in [0.3, 0.4) is 0 Å². The van der Waals surface area contributed by atoms with Crippen LogP contribution in [-0.2, 0) is 11.4 Å². The molecule has 0 aromatic heterocycles. The highest BCUT2D eigenvalue weighted by Crippen LogP contribution is 2.28. The summed E-state index contributed by atoms with van der Waals surface area (Å²) in [5, 5.41) is 15.7. The molecule has 0 unspecified atom stereocenters. The Bertz CT molecular complexity index is 1100. The van der Waals surface area contributed by atoms with Crippen LogP contribution < -0.4 is 15.5 Å². The van der Waals surface area contributed by atoms with Crippen molar-refractivity contribution in [1.29, 1.82) is 0 Å². The highest BCUT2D eigenvalue weighted by molar-refractivity contribution is 6.30. The Morgan fingerprint density at radius 1 is 1.03 bits per heavy atom. The molecule has 0 aliphatic carbocycles. The largest absolute Gasteiger partial charge is 0.392 e. The number of anilines is 2. The summed E-state index contributed by atoms with van der Waals surface area (Å²) in [4.78, 5) is 27.1. The van der Waals surface area contributed by atoms with Gasteiger partial charge in [0.1, 0.15) is 6.04 Å². The third kappa shape index (κ3) is 4.93. The number of hydrogen-bond donors (Lipinski definition) is 3. The van der Waals surface area contributed by atoms with Crippen molar-refractivity contribution in [2.24, 2.45) is 0 Å². The van der Waals surface area contributed by atoms with E-state index >= 15 is 0 Å². The van der Waals surface area contributed by atoms with Crippen molar-refractivity contribution in [1.82, 2.24) is 5.32 Å². The second kappa shape index (κ2) is 9.85. The number of piperidine rings is 1. The molecule has 1 aliphatic rings. The summed E-state index contributed by atoms with van der Waals surface area (Å²) in [5.74, 6) is -0.133. The van der Waals surface area contributed by atoms with Gasteiger partial charge in [-0.3, -0.25) is 4.79 Å². The Morgan fingerprint density at radius 2 is 1.75 bits per heavy atom. The topological polar surface area (TPSA) is 81.7 Å². The molecule has 0 spiro atoms. The van der Waals surface area contributed by atoms with Gasteiger partial charge in [0.15, 0.2) is 0 Å². The second-order valence-electron chi connectivity index (χ2n) is 7.65. The molecular formula is C25H24ClN3O3. The molecule has 1 saturated heterocycles. The smallest absolute Gasteiger partial charge is 0.319 e. The summed E-state index contributed by atoms with van der Waals surface area (Å²) in [6.45, 7) is 0.566. The molecule has 3 aromatic rings. The van der Waals surface area contributed by atoms with E-state index in [-0.39, 0.29) is 12.5 Å². The average molecular weight is 450 g/mol. The lowest BCUT2D eigenvalue weighted by Gasteiger charge is -2.32. The van der Waals surface area contributed by atoms with Gasteiger partial charge in [0, 0.05) is 22.9 Å². The van der Waals surface area contributed by atoms with Crippen LogP contribution in [0.4, 0.5) is 16.2 Å². The molecule has 164 valence electrons. The van der Waals surface area contributed by atoms with Crippen LogP contribution in [0, 0.1) is 0 Å². The SMILES string of the molecule is O=C(Nc1ccc(Cl)cc1)N[C@@H]1CCCN(c2ccc(-c3ccccc3CO)cc2)C1=O. The zero-order chi connectivity index (χ0) is 22.5. The first kappa shape index (κ1) is 21.9. The van der Waals surface area contributed by atoms with E-state index in [2.05, 4.69) is 10.6 Å². The van der Waals surface area contributed by atoms with Gasteiger partial charge >= 0.3 is 6.03 Å². The molecule has 1 fully saturated rings. The molecule has 6 nitrogen and oxygen atoms in total. The number of rotatable bonds is 5. The Labute approximate surface area is 191 Å². The monoisotopic (exact) mass is 449 g/mol. The van der Waals surface area contributed by atoms with E-state index in [9.17, 15) is 14.7 Å². The van der Waals surface area contributed by atoms with Gasteiger partial charge in [0.05, 0.1) is 6.61 Å². The predicted molar refractivity (Wildman–Crippen MR) is 127 cm³/mol. The van der Waals surface area contributed by atoms with Gasteiger partial charge in [0.2, 0.25) is 5.91 Å². The molecule has 1 heterocycles. The maximum Gasteiger partial charge on any atom is 0.319 e. The van der Waals surface area contributed by atoms with Gasteiger partial charge in [0.25, 0.3) is 0 Å². The number of nitrogens with zero attached hydrogens (tertiary/aromatic N) is 1. The van der Waals surface area contributed by atoms with Crippen LogP contribution in [0.15, 0.2) is 72.8 Å². The Hall–Kier alpha value is -3.35. The summed E-state index contributed by atoms with van der Waals surface area (Å²) in [5.41, 5.74) is 4.17. The number of aliphatic hydroxyl groups excluding tert-OH is 1. The lowest BCUT2D eigenvalue weighted by molar-refractivity contribution is -0.121. The maximum absolute atomic E-state index is 13.0. The first-order chi connectivity index (χ1) is 15.5. The first-order valence-electron chi connectivity index (χ1n) is 10.5. The van der Waals surface area contributed by atoms with Gasteiger partial charge in [-0.05, 0) is 65.9 Å². The molecule has 1 aliphatic heterocycles. The summed E-state index contributed by atoms with van der Waals surface area (Å²) >= 11 is 5.87. The van der Waals surface area contributed by atoms with Gasteiger partial charge in [-0.25, -0.2) is 4.79 Å². The number of halogens is 1. The Balaban J connectivity index is 1.43. The van der Waals surface area contributed by atoms with E-state index < -0.39 is 12.1 Å². The van der Waals surface area contributed by atoms with E-state index in [0.717, 1.165) is 28.8 Å². The summed E-state index contributed by atoms with van der Waals surface area (Å²) in [7, 11) is 0. The van der Waals surface area contributed by atoms with E-state index in [1.165, 1.54) is 0 Å². The van der Waals surface area contributed by atoms with Crippen molar-refractivity contribution in [2.75, 3.05) is 16.8 Å². The van der Waals surface area contributed by atoms with Crippen LogP contribution in [0.1, 0.15) is 18.4 Å². The van der Waals surface area contributed by atoms with Crippen molar-refractivity contribution >= 4 is 34.9 Å². The predicted octanol–water partition coefficient (Wildman–Crippen LogP) is 4.82. The molecular weight excluding hydrogens is 426 g/mol. The molecule has 0 bridgehead atoms. The molecule has 32 heavy (non-hydrogen) atoms. The molecule has 3 N–H and O–H groups in total. The lowest BCUT2D eigenvalue weighted by atomic mass is 9.99. The lowest BCUT2D eigenvalue weighted by Crippen LogP contribution is -2.53. The van der Waals surface area contributed by atoms with Crippen LogP contribution in [0.2, 0.25) is 5.02 Å². The average Bonchev–Trinajstić information content (AvgIpc) is 2.82. The number of carbonyl (C=O) groups excluding carboxylic acids is 2. The van der Waals surface area contributed by atoms with E-state index in [1.54, 1.807) is 29.2 Å². The number of urea groups is 1. The normalized spacial score (nSPS) is 16.0. The molecule has 3 aromatic carbocycles. The van der Waals surface area contributed by atoms with Crippen LogP contribution in [0.5, 0.6) is 0 Å². The minimum Gasteiger partial charge on any atom is -0.392 e. The highest BCUT2D eigenvalue weighted by atomic mass is 35.5. The molecule has 1 atom stereocenters. The minimum absolute atomic E-state index is 0.0338. The van der Waals surface area contributed by atoms with Crippen molar-refractivity contribution in [2.45, 2.75) is 25.5 Å².